The van der Waals surface area contributed by atoms with Crippen molar-refractivity contribution < 1.29 is 23.9 Å². The zero-order valence-corrected chi connectivity index (χ0v) is 12.4. The van der Waals surface area contributed by atoms with E-state index in [4.69, 9.17) is 0 Å². The number of esters is 2. The van der Waals surface area contributed by atoms with E-state index in [2.05, 4.69) is 16.4 Å². The standard InChI is InChI=1S/C14H23NO5/c1-10-4-6-11(7-5-10)14(18)15(8-12(16)19-2)9-13(17)20-3/h10-11H,4-9H2,1-3H3. The fraction of sp³-hybridized carbons (Fsp3) is 0.786. The minimum Gasteiger partial charge on any atom is -0.468 e. The third-order valence-electron chi connectivity index (χ3n) is 3.77. The van der Waals surface area contributed by atoms with Crippen LogP contribution in [-0.4, -0.2) is 50.1 Å². The summed E-state index contributed by atoms with van der Waals surface area (Å²) in [6.07, 6.45) is 3.61. The van der Waals surface area contributed by atoms with Gasteiger partial charge >= 0.3 is 11.9 Å². The van der Waals surface area contributed by atoms with Crippen LogP contribution in [0, 0.1) is 11.8 Å². The van der Waals surface area contributed by atoms with Crippen molar-refractivity contribution in [2.45, 2.75) is 32.6 Å². The first-order valence-corrected chi connectivity index (χ1v) is 6.90. The summed E-state index contributed by atoms with van der Waals surface area (Å²) < 4.78 is 9.13. The fourth-order valence-corrected chi connectivity index (χ4v) is 2.42. The number of methoxy groups -OCH3 is 2. The quantitative estimate of drug-likeness (QED) is 0.704. The van der Waals surface area contributed by atoms with Gasteiger partial charge in [-0.1, -0.05) is 6.92 Å². The largest absolute Gasteiger partial charge is 0.468 e. The van der Waals surface area contributed by atoms with Crippen LogP contribution in [0.3, 0.4) is 0 Å². The van der Waals surface area contributed by atoms with Crippen LogP contribution in [0.1, 0.15) is 32.6 Å². The van der Waals surface area contributed by atoms with Crippen LogP contribution in [0.5, 0.6) is 0 Å². The van der Waals surface area contributed by atoms with Gasteiger partial charge in [0.15, 0.2) is 0 Å². The first-order chi connectivity index (χ1) is 9.47. The summed E-state index contributed by atoms with van der Waals surface area (Å²) in [7, 11) is 2.51. The molecule has 0 unspecified atom stereocenters. The van der Waals surface area contributed by atoms with Crippen LogP contribution in [0.4, 0.5) is 0 Å². The highest BCUT2D eigenvalue weighted by molar-refractivity contribution is 5.87. The van der Waals surface area contributed by atoms with E-state index in [0.29, 0.717) is 5.92 Å². The topological polar surface area (TPSA) is 72.9 Å². The summed E-state index contributed by atoms with van der Waals surface area (Å²) in [6.45, 7) is 1.74. The Morgan fingerprint density at radius 2 is 1.40 bits per heavy atom. The fourth-order valence-electron chi connectivity index (χ4n) is 2.42. The Kier molecular flexibility index (Phi) is 6.48. The zero-order chi connectivity index (χ0) is 15.1. The molecule has 114 valence electrons. The van der Waals surface area contributed by atoms with Crippen molar-refractivity contribution in [1.82, 2.24) is 4.90 Å². The second kappa shape index (κ2) is 7.87. The number of carbonyl (C=O) groups is 3. The zero-order valence-electron chi connectivity index (χ0n) is 12.4. The smallest absolute Gasteiger partial charge is 0.325 e. The Labute approximate surface area is 119 Å². The van der Waals surface area contributed by atoms with Gasteiger partial charge in [0.2, 0.25) is 5.91 Å². The van der Waals surface area contributed by atoms with Gasteiger partial charge in [-0.3, -0.25) is 14.4 Å². The second-order valence-corrected chi connectivity index (χ2v) is 5.30. The predicted octanol–water partition coefficient (Wildman–Crippen LogP) is 0.987. The lowest BCUT2D eigenvalue weighted by molar-refractivity contribution is -0.154. The minimum absolute atomic E-state index is 0.111. The molecule has 0 radical (unpaired) electrons. The molecule has 1 rings (SSSR count). The van der Waals surface area contributed by atoms with Gasteiger partial charge in [-0.15, -0.1) is 0 Å². The van der Waals surface area contributed by atoms with Gasteiger partial charge in [0.1, 0.15) is 13.1 Å². The normalized spacial score (nSPS) is 21.9. The predicted molar refractivity (Wildman–Crippen MR) is 71.7 cm³/mol. The van der Waals surface area contributed by atoms with Crippen LogP contribution in [-0.2, 0) is 23.9 Å². The molecule has 20 heavy (non-hydrogen) atoms. The molecule has 0 bridgehead atoms. The Morgan fingerprint density at radius 1 is 0.950 bits per heavy atom. The molecule has 0 spiro atoms. The Morgan fingerprint density at radius 3 is 1.80 bits per heavy atom. The van der Waals surface area contributed by atoms with Crippen LogP contribution in [0.15, 0.2) is 0 Å². The molecule has 1 saturated carbocycles. The maximum absolute atomic E-state index is 12.4. The molecule has 1 amide bonds. The van der Waals surface area contributed by atoms with Crippen molar-refractivity contribution in [3.05, 3.63) is 0 Å². The number of rotatable bonds is 5. The number of hydrogen-bond donors (Lipinski definition) is 0. The van der Waals surface area contributed by atoms with Crippen LogP contribution < -0.4 is 0 Å². The third kappa shape index (κ3) is 4.83. The van der Waals surface area contributed by atoms with Gasteiger partial charge < -0.3 is 14.4 Å². The summed E-state index contributed by atoms with van der Waals surface area (Å²) >= 11 is 0. The Bertz CT molecular complexity index is 343. The molecule has 0 aromatic rings. The van der Waals surface area contributed by atoms with E-state index in [9.17, 15) is 14.4 Å². The number of amides is 1. The highest BCUT2D eigenvalue weighted by atomic mass is 16.5. The average molecular weight is 285 g/mol. The summed E-state index contributed by atoms with van der Waals surface area (Å²) in [5.74, 6) is -0.709. The molecule has 6 nitrogen and oxygen atoms in total. The summed E-state index contributed by atoms with van der Waals surface area (Å²) in [4.78, 5) is 36.4. The van der Waals surface area contributed by atoms with Crippen LogP contribution >= 0.6 is 0 Å². The van der Waals surface area contributed by atoms with E-state index < -0.39 is 11.9 Å². The Balaban J connectivity index is 2.67. The van der Waals surface area contributed by atoms with Gasteiger partial charge in [-0.2, -0.15) is 0 Å². The van der Waals surface area contributed by atoms with E-state index in [1.165, 1.54) is 19.1 Å². The van der Waals surface area contributed by atoms with Crippen molar-refractivity contribution >= 4 is 17.8 Å². The molecule has 6 heteroatoms. The van der Waals surface area contributed by atoms with Crippen molar-refractivity contribution in [3.8, 4) is 0 Å². The third-order valence-corrected chi connectivity index (χ3v) is 3.77. The lowest BCUT2D eigenvalue weighted by atomic mass is 9.82. The molecule has 0 aromatic heterocycles. The van der Waals surface area contributed by atoms with Gasteiger partial charge in [-0.05, 0) is 31.6 Å². The number of ether oxygens (including phenoxy) is 2. The second-order valence-electron chi connectivity index (χ2n) is 5.30. The van der Waals surface area contributed by atoms with Gasteiger partial charge in [0, 0.05) is 5.92 Å². The van der Waals surface area contributed by atoms with Crippen LogP contribution in [0.25, 0.3) is 0 Å². The van der Waals surface area contributed by atoms with E-state index in [0.717, 1.165) is 25.7 Å². The Hall–Kier alpha value is -1.59. The number of hydrogen-bond acceptors (Lipinski definition) is 5. The molecule has 0 saturated heterocycles. The van der Waals surface area contributed by atoms with Gasteiger partial charge in [0.25, 0.3) is 0 Å². The van der Waals surface area contributed by atoms with E-state index >= 15 is 0 Å². The van der Waals surface area contributed by atoms with E-state index in [1.54, 1.807) is 0 Å². The molecule has 1 fully saturated rings. The number of nitrogens with zero attached hydrogens (tertiary/aromatic N) is 1. The first-order valence-electron chi connectivity index (χ1n) is 6.90. The lowest BCUT2D eigenvalue weighted by Gasteiger charge is -2.30. The van der Waals surface area contributed by atoms with Crippen LogP contribution in [0.2, 0.25) is 0 Å². The summed E-state index contributed by atoms with van der Waals surface area (Å²) in [6, 6.07) is 0. The highest BCUT2D eigenvalue weighted by Gasteiger charge is 2.30. The SMILES string of the molecule is COC(=O)CN(CC(=O)OC)C(=O)C1CCC(C)CC1. The molecular formula is C14H23NO5. The van der Waals surface area contributed by atoms with Crippen molar-refractivity contribution in [1.29, 1.82) is 0 Å². The molecule has 0 aromatic carbocycles. The average Bonchev–Trinajstić information content (AvgIpc) is 2.46. The van der Waals surface area contributed by atoms with E-state index in [1.807, 2.05) is 0 Å². The number of carbonyl (C=O) groups excluding carboxylic acids is 3. The highest BCUT2D eigenvalue weighted by Crippen LogP contribution is 2.29. The maximum atomic E-state index is 12.4. The summed E-state index contributed by atoms with van der Waals surface area (Å²) in [5.41, 5.74) is 0. The lowest BCUT2D eigenvalue weighted by Crippen LogP contribution is -2.44. The molecule has 0 heterocycles. The minimum atomic E-state index is -0.536. The summed E-state index contributed by atoms with van der Waals surface area (Å²) in [5, 5.41) is 0. The molecule has 0 N–H and O–H groups in total. The van der Waals surface area contributed by atoms with Crippen molar-refractivity contribution in [2.24, 2.45) is 11.8 Å². The maximum Gasteiger partial charge on any atom is 0.325 e. The first kappa shape index (κ1) is 16.5. The monoisotopic (exact) mass is 285 g/mol. The molecule has 1 aliphatic carbocycles. The molecule has 0 atom stereocenters. The van der Waals surface area contributed by atoms with Crippen molar-refractivity contribution in [2.75, 3.05) is 27.3 Å². The molecule has 0 aliphatic heterocycles. The molecule has 1 aliphatic rings. The van der Waals surface area contributed by atoms with Crippen molar-refractivity contribution in [3.63, 3.8) is 0 Å². The van der Waals surface area contributed by atoms with Gasteiger partial charge in [0.05, 0.1) is 14.2 Å². The van der Waals surface area contributed by atoms with Gasteiger partial charge in [-0.25, -0.2) is 0 Å². The molecular weight excluding hydrogens is 262 g/mol. The van der Waals surface area contributed by atoms with E-state index in [-0.39, 0.29) is 24.9 Å².